The summed E-state index contributed by atoms with van der Waals surface area (Å²) in [7, 11) is 0. The molecule has 2 aliphatic rings. The molecule has 0 aromatic heterocycles. The quantitative estimate of drug-likeness (QED) is 0.506. The first kappa shape index (κ1) is 17.0. The fourth-order valence-corrected chi connectivity index (χ4v) is 3.55. The molecular formula is C18H28O4. The molecule has 3 atom stereocenters. The van der Waals surface area contributed by atoms with Crippen LogP contribution in [0.2, 0.25) is 0 Å². The number of hydrogen-bond acceptors (Lipinski definition) is 4. The number of carbonyl (C=O) groups is 2. The van der Waals surface area contributed by atoms with Crippen molar-refractivity contribution in [1.82, 2.24) is 0 Å². The highest BCUT2D eigenvalue weighted by atomic mass is 16.5. The molecule has 0 N–H and O–H groups in total. The van der Waals surface area contributed by atoms with E-state index in [1.807, 2.05) is 0 Å². The first-order valence-corrected chi connectivity index (χ1v) is 8.69. The van der Waals surface area contributed by atoms with Gasteiger partial charge in [-0.3, -0.25) is 9.59 Å². The van der Waals surface area contributed by atoms with Crippen LogP contribution in [-0.4, -0.2) is 24.5 Å². The van der Waals surface area contributed by atoms with Gasteiger partial charge in [-0.1, -0.05) is 19.8 Å². The molecule has 1 fully saturated rings. The highest BCUT2D eigenvalue weighted by Gasteiger charge is 2.44. The summed E-state index contributed by atoms with van der Waals surface area (Å²) in [6.07, 6.45) is 9.09. The minimum atomic E-state index is -0.203. The molecule has 0 spiro atoms. The van der Waals surface area contributed by atoms with Crippen LogP contribution in [0.5, 0.6) is 0 Å². The Kier molecular flexibility index (Phi) is 6.47. The maximum atomic E-state index is 12.2. The largest absolute Gasteiger partial charge is 0.494 e. The van der Waals surface area contributed by atoms with Crippen molar-refractivity contribution in [2.24, 2.45) is 11.8 Å². The molecule has 4 nitrogen and oxygen atoms in total. The van der Waals surface area contributed by atoms with Gasteiger partial charge < -0.3 is 9.47 Å². The van der Waals surface area contributed by atoms with Crippen LogP contribution in [-0.2, 0) is 19.1 Å². The molecule has 0 radical (unpaired) electrons. The molecular weight excluding hydrogens is 280 g/mol. The van der Waals surface area contributed by atoms with Crippen molar-refractivity contribution in [3.05, 3.63) is 11.8 Å². The number of unbranched alkanes of at least 4 members (excludes halogenated alkanes) is 2. The van der Waals surface area contributed by atoms with Crippen molar-refractivity contribution >= 4 is 11.8 Å². The summed E-state index contributed by atoms with van der Waals surface area (Å²) in [6, 6.07) is 0. The number of ketones is 1. The Morgan fingerprint density at radius 2 is 2.18 bits per heavy atom. The Balaban J connectivity index is 1.85. The summed E-state index contributed by atoms with van der Waals surface area (Å²) in [4.78, 5) is 23.7. The molecule has 1 aliphatic heterocycles. The molecule has 124 valence electrons. The third-order valence-electron chi connectivity index (χ3n) is 4.72. The third kappa shape index (κ3) is 4.34. The van der Waals surface area contributed by atoms with Crippen LogP contribution >= 0.6 is 0 Å². The van der Waals surface area contributed by atoms with Crippen LogP contribution < -0.4 is 0 Å². The molecule has 0 bridgehead atoms. The number of Topliss-reactive ketones (excluding diaryl/α,β-unsaturated/α-hetero) is 1. The van der Waals surface area contributed by atoms with Crippen LogP contribution in [0.3, 0.4) is 0 Å². The monoisotopic (exact) mass is 308 g/mol. The minimum Gasteiger partial charge on any atom is -0.494 e. The van der Waals surface area contributed by atoms with Crippen molar-refractivity contribution in [2.75, 3.05) is 6.61 Å². The van der Waals surface area contributed by atoms with E-state index in [2.05, 4.69) is 13.0 Å². The van der Waals surface area contributed by atoms with Gasteiger partial charge in [0.25, 0.3) is 0 Å². The molecule has 0 aromatic rings. The van der Waals surface area contributed by atoms with E-state index in [-0.39, 0.29) is 29.7 Å². The zero-order chi connectivity index (χ0) is 15.9. The van der Waals surface area contributed by atoms with E-state index >= 15 is 0 Å². The van der Waals surface area contributed by atoms with Gasteiger partial charge in [0.1, 0.15) is 11.9 Å². The third-order valence-corrected chi connectivity index (χ3v) is 4.72. The zero-order valence-corrected chi connectivity index (χ0v) is 13.8. The maximum Gasteiger partial charge on any atom is 0.305 e. The van der Waals surface area contributed by atoms with Crippen LogP contribution in [0.4, 0.5) is 0 Å². The van der Waals surface area contributed by atoms with Crippen LogP contribution in [0, 0.1) is 11.8 Å². The Bertz CT molecular complexity index is 427. The SMILES string of the molecule is CCCCCC1=CCC2C(CC(=O)C2CCC(=O)OCC)O1. The molecule has 0 aromatic carbocycles. The average molecular weight is 308 g/mol. The lowest BCUT2D eigenvalue weighted by Crippen LogP contribution is -2.26. The Morgan fingerprint density at radius 1 is 1.36 bits per heavy atom. The first-order chi connectivity index (χ1) is 10.7. The lowest BCUT2D eigenvalue weighted by atomic mass is 9.86. The maximum absolute atomic E-state index is 12.2. The summed E-state index contributed by atoms with van der Waals surface area (Å²) < 4.78 is 11.0. The Hall–Kier alpha value is -1.32. The van der Waals surface area contributed by atoms with Crippen LogP contribution in [0.25, 0.3) is 0 Å². The first-order valence-electron chi connectivity index (χ1n) is 8.69. The van der Waals surface area contributed by atoms with E-state index in [1.54, 1.807) is 6.92 Å². The molecule has 0 saturated heterocycles. The summed E-state index contributed by atoms with van der Waals surface area (Å²) in [5, 5.41) is 0. The molecule has 22 heavy (non-hydrogen) atoms. The van der Waals surface area contributed by atoms with Gasteiger partial charge in [-0.25, -0.2) is 0 Å². The zero-order valence-electron chi connectivity index (χ0n) is 13.8. The van der Waals surface area contributed by atoms with Gasteiger partial charge in [0.15, 0.2) is 0 Å². The van der Waals surface area contributed by atoms with E-state index in [0.717, 1.165) is 25.0 Å². The second-order valence-electron chi connectivity index (χ2n) is 6.30. The van der Waals surface area contributed by atoms with Crippen molar-refractivity contribution in [2.45, 2.75) is 71.3 Å². The Morgan fingerprint density at radius 3 is 2.91 bits per heavy atom. The number of hydrogen-bond donors (Lipinski definition) is 0. The van der Waals surface area contributed by atoms with Crippen molar-refractivity contribution in [3.63, 3.8) is 0 Å². The molecule has 4 heteroatoms. The molecule has 1 heterocycles. The smallest absolute Gasteiger partial charge is 0.305 e. The number of ether oxygens (including phenoxy) is 2. The lowest BCUT2D eigenvalue weighted by Gasteiger charge is -2.29. The summed E-state index contributed by atoms with van der Waals surface area (Å²) in [5.41, 5.74) is 0. The van der Waals surface area contributed by atoms with Gasteiger partial charge in [-0.2, -0.15) is 0 Å². The van der Waals surface area contributed by atoms with Gasteiger partial charge in [0, 0.05) is 31.1 Å². The van der Waals surface area contributed by atoms with Gasteiger partial charge in [0.2, 0.25) is 0 Å². The molecule has 0 amide bonds. The number of rotatable bonds is 8. The molecule has 3 unspecified atom stereocenters. The number of allylic oxidation sites excluding steroid dienone is 2. The number of esters is 1. The molecule has 2 rings (SSSR count). The van der Waals surface area contributed by atoms with Gasteiger partial charge in [-0.05, 0) is 32.3 Å². The van der Waals surface area contributed by atoms with E-state index in [0.29, 0.717) is 25.9 Å². The van der Waals surface area contributed by atoms with E-state index in [4.69, 9.17) is 9.47 Å². The minimum absolute atomic E-state index is 0.0290. The fraction of sp³-hybridized carbons (Fsp3) is 0.778. The molecule has 1 aliphatic carbocycles. The van der Waals surface area contributed by atoms with Crippen molar-refractivity contribution in [3.8, 4) is 0 Å². The topological polar surface area (TPSA) is 52.6 Å². The van der Waals surface area contributed by atoms with Gasteiger partial charge >= 0.3 is 5.97 Å². The predicted molar refractivity (Wildman–Crippen MR) is 84.2 cm³/mol. The fourth-order valence-electron chi connectivity index (χ4n) is 3.55. The highest BCUT2D eigenvalue weighted by molar-refractivity contribution is 5.85. The van der Waals surface area contributed by atoms with Gasteiger partial charge in [0.05, 0.1) is 12.4 Å². The second-order valence-corrected chi connectivity index (χ2v) is 6.30. The van der Waals surface area contributed by atoms with Crippen LogP contribution in [0.15, 0.2) is 11.8 Å². The second kappa shape index (κ2) is 8.35. The van der Waals surface area contributed by atoms with E-state index < -0.39 is 0 Å². The highest BCUT2D eigenvalue weighted by Crippen LogP contribution is 2.41. The van der Waals surface area contributed by atoms with Gasteiger partial charge in [-0.15, -0.1) is 0 Å². The summed E-state index contributed by atoms with van der Waals surface area (Å²) in [5.74, 6) is 1.32. The molecule has 1 saturated carbocycles. The van der Waals surface area contributed by atoms with E-state index in [1.165, 1.54) is 12.8 Å². The average Bonchev–Trinajstić information content (AvgIpc) is 2.80. The Labute approximate surface area is 133 Å². The van der Waals surface area contributed by atoms with Crippen LogP contribution in [0.1, 0.15) is 65.2 Å². The summed E-state index contributed by atoms with van der Waals surface area (Å²) in [6.45, 7) is 4.39. The summed E-state index contributed by atoms with van der Waals surface area (Å²) >= 11 is 0. The predicted octanol–water partition coefficient (Wildman–Crippen LogP) is 3.79. The number of fused-ring (bicyclic) bond motifs is 1. The van der Waals surface area contributed by atoms with E-state index in [9.17, 15) is 9.59 Å². The lowest BCUT2D eigenvalue weighted by molar-refractivity contribution is -0.143. The normalized spacial score (nSPS) is 27.1. The van der Waals surface area contributed by atoms with Crippen molar-refractivity contribution in [1.29, 1.82) is 0 Å². The van der Waals surface area contributed by atoms with Crippen molar-refractivity contribution < 1.29 is 19.1 Å². The standard InChI is InChI=1S/C18H28O4/c1-3-5-6-7-13-8-9-15-14(10-11-18(20)21-4-2)16(19)12-17(15)22-13/h8,14-15,17H,3-7,9-12H2,1-2H3. The number of carbonyl (C=O) groups excluding carboxylic acids is 2.